The predicted molar refractivity (Wildman–Crippen MR) is 75.0 cm³/mol. The molecule has 0 aliphatic heterocycles. The van der Waals surface area contributed by atoms with E-state index in [4.69, 9.17) is 5.84 Å². The smallest absolute Gasteiger partial charge is 0.110 e. The first-order chi connectivity index (χ1) is 8.47. The van der Waals surface area contributed by atoms with Crippen molar-refractivity contribution in [3.8, 4) is 0 Å². The molecule has 0 bridgehead atoms. The molecule has 3 N–H and O–H groups in total. The molecular formula is C13H27N5. The maximum absolute atomic E-state index is 5.76. The summed E-state index contributed by atoms with van der Waals surface area (Å²) in [5.41, 5.74) is 2.95. The van der Waals surface area contributed by atoms with Gasteiger partial charge in [-0.3, -0.25) is 16.2 Å². The third kappa shape index (κ3) is 3.10. The van der Waals surface area contributed by atoms with Gasteiger partial charge in [-0.05, 0) is 26.9 Å². The molecule has 0 aromatic carbocycles. The molecule has 0 fully saturated rings. The Balaban J connectivity index is 2.85. The fraction of sp³-hybridized carbons (Fsp3) is 0.769. The Morgan fingerprint density at radius 1 is 1.44 bits per heavy atom. The van der Waals surface area contributed by atoms with Crippen molar-refractivity contribution >= 4 is 0 Å². The van der Waals surface area contributed by atoms with E-state index in [0.717, 1.165) is 25.3 Å². The lowest BCUT2D eigenvalue weighted by molar-refractivity contribution is 0.0901. The molecule has 0 radical (unpaired) electrons. The Labute approximate surface area is 110 Å². The number of likely N-dealkylation sites (N-methyl/N-ethyl adjacent to an activating group) is 1. The highest BCUT2D eigenvalue weighted by atomic mass is 15.3. The van der Waals surface area contributed by atoms with E-state index in [1.165, 1.54) is 0 Å². The number of imidazole rings is 1. The minimum absolute atomic E-state index is 0.00972. The number of aryl methyl sites for hydroxylation is 1. The molecule has 1 rings (SSSR count). The van der Waals surface area contributed by atoms with Crippen molar-refractivity contribution in [2.45, 2.75) is 45.7 Å². The summed E-state index contributed by atoms with van der Waals surface area (Å²) in [5.74, 6) is 6.81. The SMILES string of the molecule is CCN(CC)C(C)(C)C(Cc1nccn1C)NN. The molecule has 5 heteroatoms. The Morgan fingerprint density at radius 3 is 2.44 bits per heavy atom. The third-order valence-electron chi connectivity index (χ3n) is 3.94. The van der Waals surface area contributed by atoms with E-state index in [0.29, 0.717) is 0 Å². The summed E-state index contributed by atoms with van der Waals surface area (Å²) in [6.07, 6.45) is 4.62. The van der Waals surface area contributed by atoms with Crippen molar-refractivity contribution in [2.75, 3.05) is 13.1 Å². The normalized spacial score (nSPS) is 14.2. The number of rotatable bonds is 7. The monoisotopic (exact) mass is 253 g/mol. The molecule has 0 aliphatic carbocycles. The Morgan fingerprint density at radius 2 is 2.06 bits per heavy atom. The minimum Gasteiger partial charge on any atom is -0.338 e. The highest BCUT2D eigenvalue weighted by Crippen LogP contribution is 2.21. The number of hydrogen-bond donors (Lipinski definition) is 2. The standard InChI is InChI=1S/C13H27N5/c1-6-18(7-2)13(3,4)11(16-14)10-12-15-8-9-17(12)5/h8-9,11,16H,6-7,10,14H2,1-5H3. The Kier molecular flexibility index (Phi) is 5.31. The Hall–Kier alpha value is -0.910. The van der Waals surface area contributed by atoms with E-state index in [2.05, 4.69) is 43.0 Å². The molecule has 104 valence electrons. The zero-order valence-electron chi connectivity index (χ0n) is 12.3. The lowest BCUT2D eigenvalue weighted by Crippen LogP contribution is -2.60. The van der Waals surface area contributed by atoms with Crippen LogP contribution in [0.15, 0.2) is 12.4 Å². The second-order valence-corrected chi connectivity index (χ2v) is 5.20. The molecule has 1 heterocycles. The molecule has 18 heavy (non-hydrogen) atoms. The van der Waals surface area contributed by atoms with Gasteiger partial charge in [0.15, 0.2) is 0 Å². The van der Waals surface area contributed by atoms with Crippen LogP contribution >= 0.6 is 0 Å². The van der Waals surface area contributed by atoms with Crippen LogP contribution in [0.5, 0.6) is 0 Å². The van der Waals surface area contributed by atoms with Gasteiger partial charge in [0.25, 0.3) is 0 Å². The fourth-order valence-electron chi connectivity index (χ4n) is 2.55. The zero-order valence-corrected chi connectivity index (χ0v) is 12.3. The largest absolute Gasteiger partial charge is 0.338 e. The molecule has 0 saturated heterocycles. The number of aromatic nitrogens is 2. The van der Waals surface area contributed by atoms with E-state index in [1.807, 2.05) is 24.0 Å². The van der Waals surface area contributed by atoms with E-state index in [-0.39, 0.29) is 11.6 Å². The van der Waals surface area contributed by atoms with Crippen LogP contribution in [-0.2, 0) is 13.5 Å². The predicted octanol–water partition coefficient (Wildman–Crippen LogP) is 0.915. The van der Waals surface area contributed by atoms with Crippen molar-refractivity contribution in [3.63, 3.8) is 0 Å². The summed E-state index contributed by atoms with van der Waals surface area (Å²) in [4.78, 5) is 6.79. The van der Waals surface area contributed by atoms with Crippen molar-refractivity contribution in [3.05, 3.63) is 18.2 Å². The third-order valence-corrected chi connectivity index (χ3v) is 3.94. The van der Waals surface area contributed by atoms with Crippen molar-refractivity contribution in [1.82, 2.24) is 19.9 Å². The van der Waals surface area contributed by atoms with E-state index in [1.54, 1.807) is 0 Å². The van der Waals surface area contributed by atoms with E-state index in [9.17, 15) is 0 Å². The zero-order chi connectivity index (χ0) is 13.8. The van der Waals surface area contributed by atoms with Crippen LogP contribution in [0.3, 0.4) is 0 Å². The number of nitrogens with two attached hydrogens (primary N) is 1. The lowest BCUT2D eigenvalue weighted by Gasteiger charge is -2.43. The van der Waals surface area contributed by atoms with Gasteiger partial charge in [-0.15, -0.1) is 0 Å². The fourth-order valence-corrected chi connectivity index (χ4v) is 2.55. The summed E-state index contributed by atoms with van der Waals surface area (Å²) in [5, 5.41) is 0. The summed E-state index contributed by atoms with van der Waals surface area (Å²) in [6, 6.07) is 0.165. The minimum atomic E-state index is -0.00972. The first-order valence-electron chi connectivity index (χ1n) is 6.64. The average molecular weight is 253 g/mol. The van der Waals surface area contributed by atoms with Gasteiger partial charge < -0.3 is 4.57 Å². The van der Waals surface area contributed by atoms with E-state index >= 15 is 0 Å². The topological polar surface area (TPSA) is 59.1 Å². The molecule has 5 nitrogen and oxygen atoms in total. The average Bonchev–Trinajstić information content (AvgIpc) is 2.72. The lowest BCUT2D eigenvalue weighted by atomic mass is 9.90. The number of nitrogens with zero attached hydrogens (tertiary/aromatic N) is 3. The molecular weight excluding hydrogens is 226 g/mol. The molecule has 0 spiro atoms. The van der Waals surface area contributed by atoms with Gasteiger partial charge in [0.2, 0.25) is 0 Å². The number of hydrazine groups is 1. The van der Waals surface area contributed by atoms with Crippen LogP contribution in [0, 0.1) is 0 Å². The highest BCUT2D eigenvalue weighted by molar-refractivity contribution is 5.01. The van der Waals surface area contributed by atoms with Gasteiger partial charge in [-0.2, -0.15) is 0 Å². The second kappa shape index (κ2) is 6.31. The molecule has 0 amide bonds. The van der Waals surface area contributed by atoms with Gasteiger partial charge in [-0.1, -0.05) is 13.8 Å². The van der Waals surface area contributed by atoms with Gasteiger partial charge in [0.1, 0.15) is 5.82 Å². The molecule has 1 atom stereocenters. The number of nitrogens with one attached hydrogen (secondary N) is 1. The van der Waals surface area contributed by atoms with Crippen LogP contribution in [0.1, 0.15) is 33.5 Å². The maximum atomic E-state index is 5.76. The first kappa shape index (κ1) is 15.1. The summed E-state index contributed by atoms with van der Waals surface area (Å²) >= 11 is 0. The molecule has 1 unspecified atom stereocenters. The van der Waals surface area contributed by atoms with Crippen LogP contribution < -0.4 is 11.3 Å². The summed E-state index contributed by atoms with van der Waals surface area (Å²) in [7, 11) is 2.01. The van der Waals surface area contributed by atoms with E-state index < -0.39 is 0 Å². The van der Waals surface area contributed by atoms with Gasteiger partial charge in [0.05, 0.1) is 0 Å². The molecule has 1 aromatic rings. The van der Waals surface area contributed by atoms with Gasteiger partial charge >= 0.3 is 0 Å². The number of hydrogen-bond acceptors (Lipinski definition) is 4. The summed E-state index contributed by atoms with van der Waals surface area (Å²) < 4.78 is 2.04. The van der Waals surface area contributed by atoms with Crippen LogP contribution in [-0.4, -0.2) is 39.1 Å². The summed E-state index contributed by atoms with van der Waals surface area (Å²) in [6.45, 7) is 10.9. The van der Waals surface area contributed by atoms with Crippen LogP contribution in [0.25, 0.3) is 0 Å². The first-order valence-corrected chi connectivity index (χ1v) is 6.64. The highest BCUT2D eigenvalue weighted by Gasteiger charge is 2.34. The van der Waals surface area contributed by atoms with Crippen LogP contribution in [0.2, 0.25) is 0 Å². The molecule has 1 aromatic heterocycles. The van der Waals surface area contributed by atoms with Gasteiger partial charge in [0, 0.05) is 37.4 Å². The Bertz CT molecular complexity index is 354. The van der Waals surface area contributed by atoms with Crippen molar-refractivity contribution in [2.24, 2.45) is 12.9 Å². The maximum Gasteiger partial charge on any atom is 0.110 e. The molecule has 0 aliphatic rings. The van der Waals surface area contributed by atoms with Crippen LogP contribution in [0.4, 0.5) is 0 Å². The van der Waals surface area contributed by atoms with Crippen molar-refractivity contribution in [1.29, 1.82) is 0 Å². The van der Waals surface area contributed by atoms with Gasteiger partial charge in [-0.25, -0.2) is 4.98 Å². The quantitative estimate of drug-likeness (QED) is 0.560. The molecule has 0 saturated carbocycles. The van der Waals surface area contributed by atoms with Crippen molar-refractivity contribution < 1.29 is 0 Å². The second-order valence-electron chi connectivity index (χ2n) is 5.20.